The van der Waals surface area contributed by atoms with Crippen LogP contribution in [0.1, 0.15) is 5.56 Å². The zero-order valence-electron chi connectivity index (χ0n) is 7.27. The molecule has 0 aromatic heterocycles. The quantitative estimate of drug-likeness (QED) is 0.688. The topological polar surface area (TPSA) is 53.6 Å². The molecule has 4 heteroatoms. The molecule has 0 saturated carbocycles. The van der Waals surface area contributed by atoms with Crippen LogP contribution in [-0.2, 0) is 6.54 Å². The first-order valence-electron chi connectivity index (χ1n) is 4.21. The molecule has 0 atom stereocenters. The van der Waals surface area contributed by atoms with Crippen LogP contribution < -0.4 is 16.2 Å². The predicted octanol–water partition coefficient (Wildman–Crippen LogP) is 0.456. The highest BCUT2D eigenvalue weighted by molar-refractivity contribution is 5.63. The van der Waals surface area contributed by atoms with Gasteiger partial charge < -0.3 is 5.73 Å². The van der Waals surface area contributed by atoms with Gasteiger partial charge in [0, 0.05) is 6.54 Å². The van der Waals surface area contributed by atoms with Crippen molar-refractivity contribution >= 4 is 12.0 Å². The van der Waals surface area contributed by atoms with Crippen LogP contribution in [0, 0.1) is 0 Å². The number of nitrogens with two attached hydrogens (primary N) is 1. The average Bonchev–Trinajstić information content (AvgIpc) is 2.71. The largest absolute Gasteiger partial charge is 0.326 e. The molecule has 0 radical (unpaired) electrons. The number of hydrogen-bond acceptors (Lipinski definition) is 4. The summed E-state index contributed by atoms with van der Waals surface area (Å²) in [6, 6.07) is 8.10. The first-order valence-corrected chi connectivity index (χ1v) is 4.21. The van der Waals surface area contributed by atoms with Crippen LogP contribution in [0.3, 0.4) is 0 Å². The third kappa shape index (κ3) is 1.62. The van der Waals surface area contributed by atoms with E-state index in [1.807, 2.05) is 23.2 Å². The molecule has 13 heavy (non-hydrogen) atoms. The molecule has 0 unspecified atom stereocenters. The summed E-state index contributed by atoms with van der Waals surface area (Å²) in [5.41, 5.74) is 10.8. The van der Waals surface area contributed by atoms with Gasteiger partial charge in [-0.25, -0.2) is 0 Å². The van der Waals surface area contributed by atoms with Crippen molar-refractivity contribution in [3.8, 4) is 0 Å². The number of anilines is 1. The molecule has 1 heterocycles. The lowest BCUT2D eigenvalue weighted by Crippen LogP contribution is -2.31. The molecule has 0 saturated heterocycles. The molecular weight excluding hydrogens is 164 g/mol. The van der Waals surface area contributed by atoms with Gasteiger partial charge in [0.1, 0.15) is 13.0 Å². The minimum atomic E-state index is 0.572. The second-order valence-electron chi connectivity index (χ2n) is 2.88. The molecule has 2 rings (SSSR count). The highest BCUT2D eigenvalue weighted by Crippen LogP contribution is 2.14. The molecule has 0 fully saturated rings. The lowest BCUT2D eigenvalue weighted by molar-refractivity contribution is 0.843. The van der Waals surface area contributed by atoms with Gasteiger partial charge in [-0.1, -0.05) is 12.1 Å². The van der Waals surface area contributed by atoms with Gasteiger partial charge in [-0.2, -0.15) is 0 Å². The highest BCUT2D eigenvalue weighted by atomic mass is 15.6. The molecule has 1 aliphatic rings. The fourth-order valence-electron chi connectivity index (χ4n) is 1.28. The summed E-state index contributed by atoms with van der Waals surface area (Å²) in [7, 11) is 0. The Morgan fingerprint density at radius 3 is 3.15 bits per heavy atom. The SMILES string of the molecule is NCc1cccc(N2CN=CN2)c1. The van der Waals surface area contributed by atoms with Crippen LogP contribution in [-0.4, -0.2) is 13.0 Å². The number of aliphatic imine (C=N–C) groups is 1. The normalized spacial score (nSPS) is 14.7. The lowest BCUT2D eigenvalue weighted by Gasteiger charge is -2.17. The van der Waals surface area contributed by atoms with Crippen molar-refractivity contribution in [2.75, 3.05) is 11.7 Å². The molecule has 1 aromatic carbocycles. The minimum Gasteiger partial charge on any atom is -0.326 e. The number of hydrogen-bond donors (Lipinski definition) is 2. The van der Waals surface area contributed by atoms with Gasteiger partial charge in [-0.3, -0.25) is 15.4 Å². The van der Waals surface area contributed by atoms with E-state index >= 15 is 0 Å². The molecular formula is C9H12N4. The third-order valence-corrected chi connectivity index (χ3v) is 1.99. The van der Waals surface area contributed by atoms with Crippen LogP contribution in [0.2, 0.25) is 0 Å². The zero-order valence-corrected chi connectivity index (χ0v) is 7.27. The van der Waals surface area contributed by atoms with Crippen LogP contribution in [0.25, 0.3) is 0 Å². The Balaban J connectivity index is 2.19. The summed E-state index contributed by atoms with van der Waals surface area (Å²) < 4.78 is 0. The summed E-state index contributed by atoms with van der Waals surface area (Å²) >= 11 is 0. The van der Waals surface area contributed by atoms with Gasteiger partial charge in [0.2, 0.25) is 0 Å². The average molecular weight is 176 g/mol. The van der Waals surface area contributed by atoms with Crippen molar-refractivity contribution in [1.82, 2.24) is 5.43 Å². The molecule has 1 aromatic rings. The Labute approximate surface area is 77.0 Å². The number of hydrazine groups is 1. The summed E-state index contributed by atoms with van der Waals surface area (Å²) in [6.07, 6.45) is 1.69. The second-order valence-corrected chi connectivity index (χ2v) is 2.88. The van der Waals surface area contributed by atoms with E-state index in [4.69, 9.17) is 5.73 Å². The van der Waals surface area contributed by atoms with E-state index in [0.29, 0.717) is 13.2 Å². The van der Waals surface area contributed by atoms with Crippen molar-refractivity contribution < 1.29 is 0 Å². The molecule has 0 spiro atoms. The molecule has 68 valence electrons. The summed E-state index contributed by atoms with van der Waals surface area (Å²) in [5.74, 6) is 0. The smallest absolute Gasteiger partial charge is 0.131 e. The molecule has 0 amide bonds. The van der Waals surface area contributed by atoms with E-state index in [1.165, 1.54) is 0 Å². The first-order chi connectivity index (χ1) is 6.40. The highest BCUT2D eigenvalue weighted by Gasteiger charge is 2.07. The number of nitrogens with zero attached hydrogens (tertiary/aromatic N) is 2. The van der Waals surface area contributed by atoms with Crippen LogP contribution in [0.15, 0.2) is 29.3 Å². The van der Waals surface area contributed by atoms with E-state index in [9.17, 15) is 0 Å². The van der Waals surface area contributed by atoms with E-state index in [-0.39, 0.29) is 0 Å². The maximum Gasteiger partial charge on any atom is 0.131 e. The third-order valence-electron chi connectivity index (χ3n) is 1.99. The fraction of sp³-hybridized carbons (Fsp3) is 0.222. The summed E-state index contributed by atoms with van der Waals surface area (Å²) in [4.78, 5) is 4.06. The Kier molecular flexibility index (Phi) is 2.14. The van der Waals surface area contributed by atoms with Crippen molar-refractivity contribution in [2.45, 2.75) is 6.54 Å². The standard InChI is InChI=1S/C9H12N4/c10-5-8-2-1-3-9(4-8)13-7-11-6-12-13/h1-4,6H,5,7,10H2,(H,11,12). The predicted molar refractivity (Wildman–Crippen MR) is 53.3 cm³/mol. The molecule has 1 aliphatic heterocycles. The Morgan fingerprint density at radius 1 is 1.54 bits per heavy atom. The number of benzene rings is 1. The van der Waals surface area contributed by atoms with E-state index in [2.05, 4.69) is 16.5 Å². The second kappa shape index (κ2) is 3.45. The molecule has 0 bridgehead atoms. The van der Waals surface area contributed by atoms with Crippen molar-refractivity contribution in [1.29, 1.82) is 0 Å². The van der Waals surface area contributed by atoms with Gasteiger partial charge in [0.25, 0.3) is 0 Å². The van der Waals surface area contributed by atoms with Crippen molar-refractivity contribution in [3.05, 3.63) is 29.8 Å². The Bertz CT molecular complexity index is 313. The lowest BCUT2D eigenvalue weighted by atomic mass is 10.2. The minimum absolute atomic E-state index is 0.572. The first kappa shape index (κ1) is 8.07. The fourth-order valence-corrected chi connectivity index (χ4v) is 1.28. The van der Waals surface area contributed by atoms with Crippen molar-refractivity contribution in [3.63, 3.8) is 0 Å². The maximum atomic E-state index is 5.55. The van der Waals surface area contributed by atoms with E-state index in [1.54, 1.807) is 6.34 Å². The molecule has 3 N–H and O–H groups in total. The van der Waals surface area contributed by atoms with Crippen LogP contribution >= 0.6 is 0 Å². The number of nitrogens with one attached hydrogen (secondary N) is 1. The monoisotopic (exact) mass is 176 g/mol. The van der Waals surface area contributed by atoms with Crippen molar-refractivity contribution in [2.24, 2.45) is 10.7 Å². The van der Waals surface area contributed by atoms with Crippen LogP contribution in [0.4, 0.5) is 5.69 Å². The Hall–Kier alpha value is -1.55. The summed E-state index contributed by atoms with van der Waals surface area (Å²) in [5, 5.41) is 1.96. The van der Waals surface area contributed by atoms with Gasteiger partial charge in [0.15, 0.2) is 0 Å². The Morgan fingerprint density at radius 2 is 2.46 bits per heavy atom. The van der Waals surface area contributed by atoms with E-state index < -0.39 is 0 Å². The van der Waals surface area contributed by atoms with E-state index in [0.717, 1.165) is 11.3 Å². The van der Waals surface area contributed by atoms with Gasteiger partial charge >= 0.3 is 0 Å². The van der Waals surface area contributed by atoms with Crippen LogP contribution in [0.5, 0.6) is 0 Å². The van der Waals surface area contributed by atoms with Gasteiger partial charge in [0.05, 0.1) is 5.69 Å². The van der Waals surface area contributed by atoms with Gasteiger partial charge in [-0.15, -0.1) is 0 Å². The summed E-state index contributed by atoms with van der Waals surface area (Å²) in [6.45, 7) is 1.23. The zero-order chi connectivity index (χ0) is 9.10. The molecule has 0 aliphatic carbocycles. The molecule has 4 nitrogen and oxygen atoms in total. The number of rotatable bonds is 2. The maximum absolute atomic E-state index is 5.55. The van der Waals surface area contributed by atoms with Gasteiger partial charge in [-0.05, 0) is 17.7 Å².